The maximum Gasteiger partial charge on any atom is 0.416 e. The zero-order valence-corrected chi connectivity index (χ0v) is 23.4. The van der Waals surface area contributed by atoms with Crippen LogP contribution in [0.2, 0.25) is 0 Å². The smallest absolute Gasteiger partial charge is 0.416 e. The lowest BCUT2D eigenvalue weighted by atomic mass is 9.91. The lowest BCUT2D eigenvalue weighted by molar-refractivity contribution is -0.143. The van der Waals surface area contributed by atoms with Gasteiger partial charge in [-0.15, -0.1) is 0 Å². The van der Waals surface area contributed by atoms with E-state index in [1.54, 1.807) is 19.1 Å². The Morgan fingerprint density at radius 2 is 1.50 bits per heavy atom. The Morgan fingerprint density at radius 3 is 2.05 bits per heavy atom. The number of methoxy groups -OCH3 is 2. The summed E-state index contributed by atoms with van der Waals surface area (Å²) in [6, 6.07) is 3.25. The van der Waals surface area contributed by atoms with Gasteiger partial charge in [0, 0.05) is 24.1 Å². The molecule has 3 rings (SSSR count). The van der Waals surface area contributed by atoms with Gasteiger partial charge < -0.3 is 24.3 Å². The molecule has 1 aliphatic heterocycles. The van der Waals surface area contributed by atoms with Crippen LogP contribution < -0.4 is 19.7 Å². The Labute approximate surface area is 238 Å². The normalized spacial score (nSPS) is 16.9. The summed E-state index contributed by atoms with van der Waals surface area (Å²) < 4.78 is 100. The molecule has 232 valence electrons. The van der Waals surface area contributed by atoms with Crippen LogP contribution in [0.4, 0.5) is 41.6 Å². The number of nitrogens with zero attached hydrogens (tertiary/aromatic N) is 1. The van der Waals surface area contributed by atoms with Crippen molar-refractivity contribution in [2.45, 2.75) is 64.0 Å². The molecular weight excluding hydrogens is 574 g/mol. The number of benzene rings is 2. The summed E-state index contributed by atoms with van der Waals surface area (Å²) in [5.41, 5.74) is -2.31. The van der Waals surface area contributed by atoms with E-state index in [2.05, 4.69) is 5.32 Å². The van der Waals surface area contributed by atoms with E-state index in [0.717, 1.165) is 6.42 Å². The average Bonchev–Trinajstić information content (AvgIpc) is 2.91. The monoisotopic (exact) mass is 606 g/mol. The third-order valence-corrected chi connectivity index (χ3v) is 6.67. The molecule has 1 N–H and O–H groups in total. The van der Waals surface area contributed by atoms with E-state index >= 15 is 0 Å². The molecule has 0 saturated carbocycles. The third kappa shape index (κ3) is 7.91. The molecule has 0 unspecified atom stereocenters. The van der Waals surface area contributed by atoms with Gasteiger partial charge in [-0.3, -0.25) is 4.90 Å². The highest BCUT2D eigenvalue weighted by Crippen LogP contribution is 2.44. The Morgan fingerprint density at radius 1 is 0.905 bits per heavy atom. The molecule has 1 heterocycles. The highest BCUT2D eigenvalue weighted by molar-refractivity contribution is 5.91. The van der Waals surface area contributed by atoms with E-state index in [9.17, 15) is 35.9 Å². The third-order valence-electron chi connectivity index (χ3n) is 6.67. The SMILES string of the molecule is CCCCOC(=O)N1c2cc(OC)c(OC)cc2[C@@H](NC(=O)OCCc2cc(C(F)(F)F)cc(C(F)(F)F)c2)C[C@H]1C. The van der Waals surface area contributed by atoms with Gasteiger partial charge >= 0.3 is 24.5 Å². The molecule has 0 aromatic heterocycles. The minimum absolute atomic E-state index is 0.0326. The molecule has 2 aromatic rings. The van der Waals surface area contributed by atoms with Crippen molar-refractivity contribution in [1.29, 1.82) is 0 Å². The molecule has 0 fully saturated rings. The van der Waals surface area contributed by atoms with Gasteiger partial charge in [-0.1, -0.05) is 13.3 Å². The number of halogens is 6. The number of nitrogens with one attached hydrogen (secondary N) is 1. The summed E-state index contributed by atoms with van der Waals surface area (Å²) in [6.07, 6.45) is -10.1. The van der Waals surface area contributed by atoms with E-state index < -0.39 is 54.4 Å². The lowest BCUT2D eigenvalue weighted by Gasteiger charge is -2.39. The first-order valence-electron chi connectivity index (χ1n) is 13.1. The Kier molecular flexibility index (Phi) is 10.4. The van der Waals surface area contributed by atoms with Crippen LogP contribution in [0.3, 0.4) is 0 Å². The highest BCUT2D eigenvalue weighted by atomic mass is 19.4. The highest BCUT2D eigenvalue weighted by Gasteiger charge is 2.38. The molecule has 8 nitrogen and oxygen atoms in total. The largest absolute Gasteiger partial charge is 0.493 e. The second-order valence-corrected chi connectivity index (χ2v) is 9.69. The number of amides is 2. The molecule has 2 atom stereocenters. The molecule has 14 heteroatoms. The Hall–Kier alpha value is -3.84. The number of fused-ring (bicyclic) bond motifs is 1. The maximum atomic E-state index is 13.1. The minimum Gasteiger partial charge on any atom is -0.493 e. The number of ether oxygens (including phenoxy) is 4. The molecular formula is C28H32F6N2O6. The van der Waals surface area contributed by atoms with Gasteiger partial charge in [0.25, 0.3) is 0 Å². The number of anilines is 1. The second-order valence-electron chi connectivity index (χ2n) is 9.69. The van der Waals surface area contributed by atoms with Crippen molar-refractivity contribution >= 4 is 17.9 Å². The summed E-state index contributed by atoms with van der Waals surface area (Å²) in [5, 5.41) is 2.67. The van der Waals surface area contributed by atoms with Crippen molar-refractivity contribution in [3.05, 3.63) is 52.6 Å². The number of rotatable bonds is 9. The van der Waals surface area contributed by atoms with Gasteiger partial charge in [0.1, 0.15) is 0 Å². The van der Waals surface area contributed by atoms with Crippen LogP contribution in [0, 0.1) is 0 Å². The van der Waals surface area contributed by atoms with E-state index in [1.165, 1.54) is 19.1 Å². The summed E-state index contributed by atoms with van der Waals surface area (Å²) in [4.78, 5) is 27.1. The van der Waals surface area contributed by atoms with Crippen LogP contribution in [0.25, 0.3) is 0 Å². The molecule has 42 heavy (non-hydrogen) atoms. The van der Waals surface area contributed by atoms with Crippen molar-refractivity contribution in [3.8, 4) is 11.5 Å². The van der Waals surface area contributed by atoms with E-state index in [4.69, 9.17) is 18.9 Å². The van der Waals surface area contributed by atoms with Gasteiger partial charge in [0.15, 0.2) is 11.5 Å². The molecule has 0 spiro atoms. The number of alkyl carbamates (subject to hydrolysis) is 1. The van der Waals surface area contributed by atoms with Crippen LogP contribution in [0.5, 0.6) is 11.5 Å². The molecule has 0 radical (unpaired) electrons. The summed E-state index contributed by atoms with van der Waals surface area (Å²) in [5.74, 6) is 0.660. The van der Waals surface area contributed by atoms with Crippen LogP contribution in [0.15, 0.2) is 30.3 Å². The van der Waals surface area contributed by atoms with Crippen molar-refractivity contribution in [2.24, 2.45) is 0 Å². The van der Waals surface area contributed by atoms with Crippen LogP contribution in [-0.4, -0.2) is 45.7 Å². The first kappa shape index (κ1) is 32.7. The summed E-state index contributed by atoms with van der Waals surface area (Å²) in [6.45, 7) is 3.46. The quantitative estimate of drug-likeness (QED) is 0.238. The van der Waals surface area contributed by atoms with Crippen molar-refractivity contribution in [3.63, 3.8) is 0 Å². The van der Waals surface area contributed by atoms with Gasteiger partial charge in [-0.25, -0.2) is 9.59 Å². The van der Waals surface area contributed by atoms with E-state index in [0.29, 0.717) is 41.3 Å². The number of carbonyl (C=O) groups excluding carboxylic acids is 2. The fourth-order valence-corrected chi connectivity index (χ4v) is 4.58. The van der Waals surface area contributed by atoms with Crippen LogP contribution >= 0.6 is 0 Å². The summed E-state index contributed by atoms with van der Waals surface area (Å²) in [7, 11) is 2.84. The molecule has 0 aliphatic carbocycles. The summed E-state index contributed by atoms with van der Waals surface area (Å²) >= 11 is 0. The Balaban J connectivity index is 1.78. The van der Waals surface area contributed by atoms with E-state index in [-0.39, 0.29) is 31.1 Å². The van der Waals surface area contributed by atoms with Crippen molar-refractivity contribution < 1.29 is 54.9 Å². The average molecular weight is 607 g/mol. The van der Waals surface area contributed by atoms with Crippen molar-refractivity contribution in [2.75, 3.05) is 32.3 Å². The molecule has 1 aliphatic rings. The van der Waals surface area contributed by atoms with Gasteiger partial charge in [0.05, 0.1) is 50.3 Å². The number of hydrogen-bond acceptors (Lipinski definition) is 6. The number of alkyl halides is 6. The zero-order valence-electron chi connectivity index (χ0n) is 23.4. The predicted octanol–water partition coefficient (Wildman–Crippen LogP) is 7.29. The molecule has 2 aromatic carbocycles. The van der Waals surface area contributed by atoms with E-state index in [1.807, 2.05) is 6.92 Å². The first-order chi connectivity index (χ1) is 19.7. The van der Waals surface area contributed by atoms with Gasteiger partial charge in [0.2, 0.25) is 0 Å². The van der Waals surface area contributed by atoms with Crippen molar-refractivity contribution in [1.82, 2.24) is 5.32 Å². The lowest BCUT2D eigenvalue weighted by Crippen LogP contribution is -2.46. The number of hydrogen-bond donors (Lipinski definition) is 1. The molecule has 2 amide bonds. The maximum absolute atomic E-state index is 13.1. The predicted molar refractivity (Wildman–Crippen MR) is 140 cm³/mol. The fraction of sp³-hybridized carbons (Fsp3) is 0.500. The van der Waals surface area contributed by atoms with Crippen LogP contribution in [0.1, 0.15) is 61.4 Å². The second kappa shape index (κ2) is 13.4. The Bertz CT molecular complexity index is 1230. The van der Waals surface area contributed by atoms with Crippen LogP contribution in [-0.2, 0) is 28.2 Å². The topological polar surface area (TPSA) is 86.3 Å². The first-order valence-corrected chi connectivity index (χ1v) is 13.1. The molecule has 0 bridgehead atoms. The molecule has 0 saturated heterocycles. The minimum atomic E-state index is -4.99. The van der Waals surface area contributed by atoms with Gasteiger partial charge in [-0.05, 0) is 49.6 Å². The number of unbranched alkanes of at least 4 members (excludes halogenated alkanes) is 1. The number of carbonyl (C=O) groups is 2. The van der Waals surface area contributed by atoms with Gasteiger partial charge in [-0.2, -0.15) is 26.3 Å². The zero-order chi connectivity index (χ0) is 31.2. The standard InChI is InChI=1S/C28H32F6N2O6/c1-5-6-8-42-26(38)36-16(2)10-21(20-14-23(39-3)24(40-4)15-22(20)36)35-25(37)41-9-7-17-11-18(27(29,30)31)13-19(12-17)28(32,33)34/h11-16,21H,5-10H2,1-4H3,(H,35,37)/t16-,21+/m1/s1. The fourth-order valence-electron chi connectivity index (χ4n) is 4.58.